The normalized spacial score (nSPS) is 12.4. The third-order valence-corrected chi connectivity index (χ3v) is 0.837. The minimum atomic E-state index is -1.76. The van der Waals surface area contributed by atoms with Crippen molar-refractivity contribution >= 4 is 57.4 Å². The predicted octanol–water partition coefficient (Wildman–Crippen LogP) is -1.63. The minimum absolute atomic E-state index is 0. The van der Waals surface area contributed by atoms with Gasteiger partial charge in [-0.25, -0.2) is 0 Å². The van der Waals surface area contributed by atoms with Gasteiger partial charge in [-0.15, -0.1) is 0 Å². The Bertz CT molecular complexity index is 92.6. The molecule has 0 aliphatic heterocycles. The average molecular weight is 160 g/mol. The second-order valence-electron chi connectivity index (χ2n) is 1.54. The van der Waals surface area contributed by atoms with E-state index in [0.29, 0.717) is 0 Å². The molecule has 0 saturated carbocycles. The van der Waals surface area contributed by atoms with Crippen molar-refractivity contribution in [2.75, 3.05) is 0 Å². The summed E-state index contributed by atoms with van der Waals surface area (Å²) < 4.78 is 0. The molecule has 0 aliphatic carbocycles. The Morgan fingerprint density at radius 3 is 1.78 bits per heavy atom. The molecule has 0 radical (unpaired) electrons. The van der Waals surface area contributed by atoms with Crippen molar-refractivity contribution in [3.63, 3.8) is 0 Å². The van der Waals surface area contributed by atoms with E-state index in [0.717, 1.165) is 0 Å². The van der Waals surface area contributed by atoms with Gasteiger partial charge in [-0.1, -0.05) is 0 Å². The molecule has 5 heteroatoms. The quantitative estimate of drug-likeness (QED) is 0.335. The van der Waals surface area contributed by atoms with E-state index in [1.807, 2.05) is 0 Å². The molecule has 0 heterocycles. The van der Waals surface area contributed by atoms with Crippen molar-refractivity contribution in [1.82, 2.24) is 0 Å². The van der Waals surface area contributed by atoms with Crippen LogP contribution in [-0.2, 0) is 4.79 Å². The predicted molar refractivity (Wildman–Crippen MR) is 32.2 cm³/mol. The van der Waals surface area contributed by atoms with Gasteiger partial charge in [0.2, 0.25) is 0 Å². The van der Waals surface area contributed by atoms with Gasteiger partial charge < -0.3 is 15.3 Å². The SMILES string of the molecule is CC(C(=O)O)C(O)O.[KH]. The molecule has 0 rings (SSSR count). The summed E-state index contributed by atoms with van der Waals surface area (Å²) in [6, 6.07) is 0. The molecule has 50 valence electrons. The van der Waals surface area contributed by atoms with Crippen LogP contribution in [0.4, 0.5) is 0 Å². The molecule has 4 nitrogen and oxygen atoms in total. The van der Waals surface area contributed by atoms with E-state index in [4.69, 9.17) is 15.3 Å². The van der Waals surface area contributed by atoms with Gasteiger partial charge in [0, 0.05) is 0 Å². The van der Waals surface area contributed by atoms with Crippen LogP contribution in [0.3, 0.4) is 0 Å². The zero-order chi connectivity index (χ0) is 6.73. The van der Waals surface area contributed by atoms with Crippen molar-refractivity contribution in [3.05, 3.63) is 0 Å². The number of aliphatic carboxylic acids is 1. The molecule has 0 aromatic carbocycles. The molecular weight excluding hydrogens is 151 g/mol. The number of carboxylic acids is 1. The van der Waals surface area contributed by atoms with Gasteiger partial charge in [-0.05, 0) is 6.92 Å². The first-order valence-corrected chi connectivity index (χ1v) is 2.14. The fourth-order valence-corrected chi connectivity index (χ4v) is 0.128. The number of hydrogen-bond acceptors (Lipinski definition) is 3. The molecule has 0 fully saturated rings. The number of carbonyl (C=O) groups is 1. The third-order valence-electron chi connectivity index (χ3n) is 0.837. The second-order valence-corrected chi connectivity index (χ2v) is 1.54. The van der Waals surface area contributed by atoms with Gasteiger partial charge in [0.05, 0.1) is 0 Å². The zero-order valence-electron chi connectivity index (χ0n) is 4.40. The molecule has 0 aliphatic rings. The van der Waals surface area contributed by atoms with Gasteiger partial charge >= 0.3 is 57.4 Å². The van der Waals surface area contributed by atoms with E-state index in [1.54, 1.807) is 0 Å². The van der Waals surface area contributed by atoms with Crippen LogP contribution in [0.5, 0.6) is 0 Å². The summed E-state index contributed by atoms with van der Waals surface area (Å²) in [5.41, 5.74) is 0. The van der Waals surface area contributed by atoms with Crippen LogP contribution in [0.15, 0.2) is 0 Å². The van der Waals surface area contributed by atoms with Gasteiger partial charge in [0.15, 0.2) is 6.29 Å². The molecule has 1 atom stereocenters. The first-order valence-electron chi connectivity index (χ1n) is 2.14. The molecule has 0 spiro atoms. The van der Waals surface area contributed by atoms with Crippen LogP contribution in [0, 0.1) is 5.92 Å². The second kappa shape index (κ2) is 5.78. The monoisotopic (exact) mass is 160 g/mol. The van der Waals surface area contributed by atoms with Crippen LogP contribution in [0.25, 0.3) is 0 Å². The fraction of sp³-hybridized carbons (Fsp3) is 0.750. The van der Waals surface area contributed by atoms with Crippen molar-refractivity contribution < 1.29 is 20.1 Å². The topological polar surface area (TPSA) is 77.8 Å². The van der Waals surface area contributed by atoms with Gasteiger partial charge in [0.25, 0.3) is 0 Å². The van der Waals surface area contributed by atoms with Crippen LogP contribution in [0.2, 0.25) is 0 Å². The number of hydrogen-bond donors (Lipinski definition) is 3. The Morgan fingerprint density at radius 2 is 1.78 bits per heavy atom. The van der Waals surface area contributed by atoms with Crippen molar-refractivity contribution in [1.29, 1.82) is 0 Å². The maximum absolute atomic E-state index is 9.82. The number of rotatable bonds is 2. The molecule has 1 unspecified atom stereocenters. The summed E-state index contributed by atoms with van der Waals surface area (Å²) in [5, 5.41) is 24.4. The Balaban J connectivity index is 0. The molecule has 0 aromatic heterocycles. The summed E-state index contributed by atoms with van der Waals surface area (Å²) >= 11 is 0. The van der Waals surface area contributed by atoms with E-state index in [9.17, 15) is 4.79 Å². The summed E-state index contributed by atoms with van der Waals surface area (Å²) in [6.45, 7) is 1.22. The van der Waals surface area contributed by atoms with E-state index in [1.165, 1.54) is 6.92 Å². The number of aliphatic hydroxyl groups excluding tert-OH is 1. The van der Waals surface area contributed by atoms with E-state index >= 15 is 0 Å². The molecule has 0 aromatic rings. The molecule has 0 saturated heterocycles. The Hall–Kier alpha value is 1.03. The fourth-order valence-electron chi connectivity index (χ4n) is 0.128. The summed E-state index contributed by atoms with van der Waals surface area (Å²) in [5.74, 6) is -2.31. The van der Waals surface area contributed by atoms with Gasteiger partial charge in [-0.3, -0.25) is 4.79 Å². The number of aliphatic hydroxyl groups is 2. The number of carboxylic acid groups (broad SMARTS) is 1. The van der Waals surface area contributed by atoms with Crippen LogP contribution in [-0.4, -0.2) is 79.0 Å². The summed E-state index contributed by atoms with van der Waals surface area (Å²) in [6.07, 6.45) is -1.76. The van der Waals surface area contributed by atoms with E-state index < -0.39 is 18.2 Å². The molecule has 0 amide bonds. The Labute approximate surface area is 95.3 Å². The Morgan fingerprint density at radius 1 is 1.44 bits per heavy atom. The van der Waals surface area contributed by atoms with E-state index in [2.05, 4.69) is 0 Å². The molecular formula is C4H9KO4. The first-order chi connectivity index (χ1) is 3.55. The standard InChI is InChI=1S/C4H8O4.K.H/c1-2(3(5)6)4(7)8;;/h2-3,5-6H,1H3,(H,7,8);;. The molecule has 0 bridgehead atoms. The average Bonchev–Trinajstić information content (AvgIpc) is 1.64. The zero-order valence-corrected chi connectivity index (χ0v) is 4.40. The first kappa shape index (κ1) is 12.7. The van der Waals surface area contributed by atoms with Crippen molar-refractivity contribution in [2.45, 2.75) is 13.2 Å². The third kappa shape index (κ3) is 5.47. The molecule has 9 heavy (non-hydrogen) atoms. The van der Waals surface area contributed by atoms with Crippen LogP contribution >= 0.6 is 0 Å². The summed E-state index contributed by atoms with van der Waals surface area (Å²) in [4.78, 5) is 9.82. The van der Waals surface area contributed by atoms with Gasteiger partial charge in [0.1, 0.15) is 5.92 Å². The van der Waals surface area contributed by atoms with Crippen LogP contribution < -0.4 is 0 Å². The van der Waals surface area contributed by atoms with Crippen molar-refractivity contribution in [2.24, 2.45) is 5.92 Å². The maximum atomic E-state index is 9.82. The molecule has 3 N–H and O–H groups in total. The summed E-state index contributed by atoms with van der Waals surface area (Å²) in [7, 11) is 0. The Kier molecular flexibility index (Phi) is 8.15. The van der Waals surface area contributed by atoms with E-state index in [-0.39, 0.29) is 51.4 Å². The van der Waals surface area contributed by atoms with Crippen LogP contribution in [0.1, 0.15) is 6.92 Å². The van der Waals surface area contributed by atoms with Crippen molar-refractivity contribution in [3.8, 4) is 0 Å². The van der Waals surface area contributed by atoms with Gasteiger partial charge in [-0.2, -0.15) is 0 Å².